The molecule has 0 bridgehead atoms. The molecule has 150 valence electrons. The molecular formula is C17H23F3IN5O. The SMILES string of the molecule is CN=C(NCc1cnn(C)c1)NCc1ccc(C)cc1OCC(F)(F)F.I. The predicted molar refractivity (Wildman–Crippen MR) is 108 cm³/mol. The van der Waals surface area contributed by atoms with E-state index in [1.165, 1.54) is 0 Å². The van der Waals surface area contributed by atoms with E-state index in [2.05, 4.69) is 20.7 Å². The topological polar surface area (TPSA) is 63.5 Å². The van der Waals surface area contributed by atoms with Crippen LogP contribution in [0.1, 0.15) is 16.7 Å². The Morgan fingerprint density at radius 2 is 1.96 bits per heavy atom. The average Bonchev–Trinajstić information content (AvgIpc) is 2.99. The van der Waals surface area contributed by atoms with Crippen molar-refractivity contribution in [3.63, 3.8) is 0 Å². The number of ether oxygens (including phenoxy) is 1. The van der Waals surface area contributed by atoms with Gasteiger partial charge in [0.15, 0.2) is 12.6 Å². The molecule has 1 heterocycles. The monoisotopic (exact) mass is 497 g/mol. The molecule has 0 atom stereocenters. The van der Waals surface area contributed by atoms with Crippen LogP contribution < -0.4 is 15.4 Å². The minimum atomic E-state index is -4.38. The van der Waals surface area contributed by atoms with Gasteiger partial charge in [0.25, 0.3) is 0 Å². The van der Waals surface area contributed by atoms with Gasteiger partial charge in [0.2, 0.25) is 0 Å². The van der Waals surface area contributed by atoms with Crippen LogP contribution in [0.15, 0.2) is 35.6 Å². The van der Waals surface area contributed by atoms with Crippen LogP contribution in [0, 0.1) is 6.92 Å². The fourth-order valence-electron chi connectivity index (χ4n) is 2.25. The Morgan fingerprint density at radius 3 is 2.56 bits per heavy atom. The number of benzene rings is 1. The zero-order valence-electron chi connectivity index (χ0n) is 15.3. The molecule has 6 nitrogen and oxygen atoms in total. The van der Waals surface area contributed by atoms with Crippen LogP contribution in [0.4, 0.5) is 13.2 Å². The Kier molecular flexibility index (Phi) is 8.86. The summed E-state index contributed by atoms with van der Waals surface area (Å²) in [6, 6.07) is 5.15. The van der Waals surface area contributed by atoms with E-state index in [0.29, 0.717) is 18.1 Å². The highest BCUT2D eigenvalue weighted by atomic mass is 127. The van der Waals surface area contributed by atoms with Crippen molar-refractivity contribution in [2.24, 2.45) is 12.0 Å². The molecule has 0 radical (unpaired) electrons. The number of rotatable bonds is 6. The lowest BCUT2D eigenvalue weighted by Crippen LogP contribution is -2.36. The third-order valence-corrected chi connectivity index (χ3v) is 3.50. The van der Waals surface area contributed by atoms with Gasteiger partial charge in [-0.2, -0.15) is 18.3 Å². The number of aryl methyl sites for hydroxylation is 2. The van der Waals surface area contributed by atoms with Gasteiger partial charge in [0.1, 0.15) is 5.75 Å². The Balaban J connectivity index is 0.00000364. The van der Waals surface area contributed by atoms with Crippen LogP contribution >= 0.6 is 24.0 Å². The summed E-state index contributed by atoms with van der Waals surface area (Å²) in [5.74, 6) is 0.730. The second-order valence-electron chi connectivity index (χ2n) is 5.82. The summed E-state index contributed by atoms with van der Waals surface area (Å²) in [4.78, 5) is 4.10. The van der Waals surface area contributed by atoms with Gasteiger partial charge in [-0.3, -0.25) is 9.67 Å². The van der Waals surface area contributed by atoms with Gasteiger partial charge < -0.3 is 15.4 Å². The van der Waals surface area contributed by atoms with Crippen molar-refractivity contribution in [3.8, 4) is 5.75 Å². The minimum absolute atomic E-state index is 0. The number of guanidine groups is 1. The molecule has 2 rings (SSSR count). The summed E-state index contributed by atoms with van der Waals surface area (Å²) in [6.07, 6.45) is -0.761. The van der Waals surface area contributed by atoms with Gasteiger partial charge in [0.05, 0.1) is 6.20 Å². The number of hydrogen-bond donors (Lipinski definition) is 2. The van der Waals surface area contributed by atoms with Gasteiger partial charge in [-0.25, -0.2) is 0 Å². The van der Waals surface area contributed by atoms with E-state index in [1.54, 1.807) is 37.0 Å². The molecule has 0 unspecified atom stereocenters. The zero-order chi connectivity index (χ0) is 19.2. The second-order valence-corrected chi connectivity index (χ2v) is 5.82. The van der Waals surface area contributed by atoms with E-state index in [1.807, 2.05) is 19.3 Å². The quantitative estimate of drug-likeness (QED) is 0.366. The summed E-state index contributed by atoms with van der Waals surface area (Å²) in [5.41, 5.74) is 2.43. The van der Waals surface area contributed by atoms with Crippen LogP contribution in [-0.2, 0) is 20.1 Å². The lowest BCUT2D eigenvalue weighted by molar-refractivity contribution is -0.153. The van der Waals surface area contributed by atoms with Crippen molar-refractivity contribution < 1.29 is 17.9 Å². The van der Waals surface area contributed by atoms with Gasteiger partial charge in [-0.15, -0.1) is 24.0 Å². The van der Waals surface area contributed by atoms with Gasteiger partial charge in [-0.05, 0) is 18.6 Å². The van der Waals surface area contributed by atoms with Crippen LogP contribution in [0.3, 0.4) is 0 Å². The van der Waals surface area contributed by atoms with Crippen molar-refractivity contribution in [1.29, 1.82) is 0 Å². The lowest BCUT2D eigenvalue weighted by Gasteiger charge is -2.16. The van der Waals surface area contributed by atoms with Crippen molar-refractivity contribution in [2.45, 2.75) is 26.2 Å². The maximum atomic E-state index is 12.4. The fraction of sp³-hybridized carbons (Fsp3) is 0.412. The molecule has 2 aromatic rings. The molecule has 0 saturated heterocycles. The zero-order valence-corrected chi connectivity index (χ0v) is 17.6. The molecule has 0 amide bonds. The van der Waals surface area contributed by atoms with Crippen LogP contribution in [0.5, 0.6) is 5.75 Å². The molecular weight excluding hydrogens is 474 g/mol. The number of halogens is 4. The maximum absolute atomic E-state index is 12.4. The maximum Gasteiger partial charge on any atom is 0.422 e. The largest absolute Gasteiger partial charge is 0.484 e. The van der Waals surface area contributed by atoms with Crippen molar-refractivity contribution in [2.75, 3.05) is 13.7 Å². The number of hydrogen-bond acceptors (Lipinski definition) is 3. The average molecular weight is 497 g/mol. The molecule has 27 heavy (non-hydrogen) atoms. The summed E-state index contributed by atoms with van der Waals surface area (Å²) in [6.45, 7) is 1.28. The normalized spacial score (nSPS) is 11.7. The van der Waals surface area contributed by atoms with Gasteiger partial charge >= 0.3 is 6.18 Å². The number of alkyl halides is 3. The Labute approximate surface area is 173 Å². The van der Waals surface area contributed by atoms with Crippen LogP contribution in [-0.4, -0.2) is 35.6 Å². The fourth-order valence-corrected chi connectivity index (χ4v) is 2.25. The minimum Gasteiger partial charge on any atom is -0.484 e. The molecule has 0 spiro atoms. The predicted octanol–water partition coefficient (Wildman–Crippen LogP) is 3.15. The molecule has 10 heteroatoms. The molecule has 1 aromatic heterocycles. The molecule has 0 aliphatic heterocycles. The van der Waals surface area contributed by atoms with Crippen molar-refractivity contribution >= 4 is 29.9 Å². The molecule has 0 saturated carbocycles. The first-order valence-corrected chi connectivity index (χ1v) is 7.98. The summed E-state index contributed by atoms with van der Waals surface area (Å²) in [5, 5.41) is 10.3. The van der Waals surface area contributed by atoms with Gasteiger partial charge in [0, 0.05) is 44.5 Å². The second kappa shape index (κ2) is 10.4. The third-order valence-electron chi connectivity index (χ3n) is 3.50. The van der Waals surface area contributed by atoms with E-state index >= 15 is 0 Å². The first-order valence-electron chi connectivity index (χ1n) is 7.98. The van der Waals surface area contributed by atoms with E-state index < -0.39 is 12.8 Å². The molecule has 2 N–H and O–H groups in total. The number of nitrogens with one attached hydrogen (secondary N) is 2. The Bertz CT molecular complexity index is 761. The Morgan fingerprint density at radius 1 is 1.26 bits per heavy atom. The van der Waals surface area contributed by atoms with E-state index in [4.69, 9.17) is 4.74 Å². The smallest absolute Gasteiger partial charge is 0.422 e. The number of aromatic nitrogens is 2. The number of nitrogens with zero attached hydrogens (tertiary/aromatic N) is 3. The summed E-state index contributed by atoms with van der Waals surface area (Å²) >= 11 is 0. The van der Waals surface area contributed by atoms with Crippen molar-refractivity contribution in [1.82, 2.24) is 20.4 Å². The van der Waals surface area contributed by atoms with E-state index in [9.17, 15) is 13.2 Å². The van der Waals surface area contributed by atoms with Gasteiger partial charge in [-0.1, -0.05) is 12.1 Å². The molecule has 0 fully saturated rings. The highest BCUT2D eigenvalue weighted by Crippen LogP contribution is 2.23. The van der Waals surface area contributed by atoms with Crippen LogP contribution in [0.25, 0.3) is 0 Å². The summed E-state index contributed by atoms with van der Waals surface area (Å²) in [7, 11) is 3.45. The number of aliphatic imine (C=N–C) groups is 1. The first kappa shape index (κ1) is 23.1. The lowest BCUT2D eigenvalue weighted by atomic mass is 10.1. The first-order chi connectivity index (χ1) is 12.3. The van der Waals surface area contributed by atoms with E-state index in [0.717, 1.165) is 11.1 Å². The van der Waals surface area contributed by atoms with Crippen LogP contribution in [0.2, 0.25) is 0 Å². The van der Waals surface area contributed by atoms with Crippen molar-refractivity contribution in [3.05, 3.63) is 47.3 Å². The highest BCUT2D eigenvalue weighted by Gasteiger charge is 2.28. The standard InChI is InChI=1S/C17H22F3N5O.HI/c1-12-4-5-14(15(6-12)26-11-17(18,19)20)9-23-16(21-2)22-7-13-8-24-25(3)10-13;/h4-6,8,10H,7,9,11H2,1-3H3,(H2,21,22,23);1H. The van der Waals surface area contributed by atoms with E-state index in [-0.39, 0.29) is 36.3 Å². The summed E-state index contributed by atoms with van der Waals surface area (Å²) < 4.78 is 43.9. The molecule has 0 aliphatic carbocycles. The third kappa shape index (κ3) is 8.06. The Hall–Kier alpha value is -1.98. The molecule has 1 aromatic carbocycles. The molecule has 0 aliphatic rings. The highest BCUT2D eigenvalue weighted by molar-refractivity contribution is 14.0.